The molecule has 0 spiro atoms. The highest BCUT2D eigenvalue weighted by molar-refractivity contribution is 5.94. The van der Waals surface area contributed by atoms with Gasteiger partial charge in [-0.2, -0.15) is 0 Å². The molecule has 0 saturated heterocycles. The zero-order valence-corrected chi connectivity index (χ0v) is 17.7. The van der Waals surface area contributed by atoms with Crippen LogP contribution in [-0.4, -0.2) is 32.3 Å². The Labute approximate surface area is 172 Å². The van der Waals surface area contributed by atoms with Crippen LogP contribution >= 0.6 is 0 Å². The SMILES string of the molecule is CCOC(C#Cc1cc(C)c(C#CC(OCC)OCC)c2ccc(C)cc12)N=O. The normalized spacial score (nSPS) is 11.5. The van der Waals surface area contributed by atoms with Crippen LogP contribution in [0.3, 0.4) is 0 Å². The van der Waals surface area contributed by atoms with E-state index in [9.17, 15) is 4.91 Å². The third-order valence-corrected chi connectivity index (χ3v) is 4.19. The number of aryl methyl sites for hydroxylation is 2. The van der Waals surface area contributed by atoms with E-state index in [4.69, 9.17) is 14.2 Å². The van der Waals surface area contributed by atoms with Crippen LogP contribution in [0.1, 0.15) is 43.0 Å². The lowest BCUT2D eigenvalue weighted by Crippen LogP contribution is -2.14. The monoisotopic (exact) mass is 393 g/mol. The highest BCUT2D eigenvalue weighted by Crippen LogP contribution is 2.26. The Morgan fingerprint density at radius 3 is 2.21 bits per heavy atom. The maximum Gasteiger partial charge on any atom is 0.252 e. The average Bonchev–Trinajstić information content (AvgIpc) is 2.70. The fourth-order valence-corrected chi connectivity index (χ4v) is 2.91. The molecular weight excluding hydrogens is 366 g/mol. The predicted molar refractivity (Wildman–Crippen MR) is 115 cm³/mol. The minimum Gasteiger partial charge on any atom is -0.344 e. The summed E-state index contributed by atoms with van der Waals surface area (Å²) < 4.78 is 16.3. The standard InChI is InChI=1S/C24H27NO4/c1-6-27-23(25-26)13-10-19-16-18(5)20(12-14-24(28-7-2)29-8-3)21-11-9-17(4)15-22(19)21/h9,11,15-16,23-24H,6-8H2,1-5H3. The molecule has 0 aromatic heterocycles. The van der Waals surface area contributed by atoms with Gasteiger partial charge in [-0.3, -0.25) is 0 Å². The molecule has 5 heteroatoms. The van der Waals surface area contributed by atoms with Gasteiger partial charge in [-0.05, 0) is 74.0 Å². The van der Waals surface area contributed by atoms with Crippen molar-refractivity contribution in [2.45, 2.75) is 47.1 Å². The predicted octanol–water partition coefficient (Wildman–Crippen LogP) is 4.69. The first-order valence-electron chi connectivity index (χ1n) is 9.78. The topological polar surface area (TPSA) is 57.1 Å². The van der Waals surface area contributed by atoms with E-state index in [1.54, 1.807) is 6.92 Å². The van der Waals surface area contributed by atoms with Crippen molar-refractivity contribution in [1.82, 2.24) is 0 Å². The zero-order chi connectivity index (χ0) is 21.2. The number of fused-ring (bicyclic) bond motifs is 1. The van der Waals surface area contributed by atoms with Crippen LogP contribution in [-0.2, 0) is 14.2 Å². The van der Waals surface area contributed by atoms with Crippen LogP contribution in [0, 0.1) is 42.4 Å². The van der Waals surface area contributed by atoms with Gasteiger partial charge in [-0.25, -0.2) is 0 Å². The average molecular weight is 393 g/mol. The van der Waals surface area contributed by atoms with Crippen molar-refractivity contribution in [2.24, 2.45) is 5.18 Å². The summed E-state index contributed by atoms with van der Waals surface area (Å²) in [5, 5.41) is 4.88. The van der Waals surface area contributed by atoms with E-state index in [1.165, 1.54) is 0 Å². The second kappa shape index (κ2) is 11.3. The number of hydrogen-bond donors (Lipinski definition) is 0. The maximum atomic E-state index is 10.9. The van der Waals surface area contributed by atoms with Gasteiger partial charge in [0.1, 0.15) is 0 Å². The Balaban J connectivity index is 2.58. The smallest absolute Gasteiger partial charge is 0.252 e. The lowest BCUT2D eigenvalue weighted by Gasteiger charge is -2.11. The summed E-state index contributed by atoms with van der Waals surface area (Å²) in [5.74, 6) is 12.2. The molecule has 152 valence electrons. The molecule has 0 fully saturated rings. The summed E-state index contributed by atoms with van der Waals surface area (Å²) in [4.78, 5) is 10.9. The van der Waals surface area contributed by atoms with Gasteiger partial charge in [0.05, 0.1) is 0 Å². The highest BCUT2D eigenvalue weighted by Gasteiger charge is 2.10. The van der Waals surface area contributed by atoms with Crippen molar-refractivity contribution < 1.29 is 14.2 Å². The second-order valence-corrected chi connectivity index (χ2v) is 6.36. The number of nitrogens with zero attached hydrogens (tertiary/aromatic N) is 1. The summed E-state index contributed by atoms with van der Waals surface area (Å²) in [6.07, 6.45) is -1.53. The largest absolute Gasteiger partial charge is 0.344 e. The summed E-state index contributed by atoms with van der Waals surface area (Å²) in [5.41, 5.74) is 3.81. The van der Waals surface area contributed by atoms with Gasteiger partial charge in [0, 0.05) is 30.9 Å². The Bertz CT molecular complexity index is 969. The molecule has 0 amide bonds. The summed E-state index contributed by atoms with van der Waals surface area (Å²) >= 11 is 0. The van der Waals surface area contributed by atoms with E-state index in [1.807, 2.05) is 45.9 Å². The lowest BCUT2D eigenvalue weighted by atomic mass is 9.94. The van der Waals surface area contributed by atoms with Crippen LogP contribution in [0.5, 0.6) is 0 Å². The van der Waals surface area contributed by atoms with Gasteiger partial charge in [-0.15, -0.1) is 4.91 Å². The van der Waals surface area contributed by atoms with Crippen LogP contribution in [0.2, 0.25) is 0 Å². The Kier molecular flexibility index (Phi) is 8.83. The second-order valence-electron chi connectivity index (χ2n) is 6.36. The van der Waals surface area contributed by atoms with E-state index in [0.29, 0.717) is 19.8 Å². The van der Waals surface area contributed by atoms with Crippen LogP contribution in [0.4, 0.5) is 0 Å². The molecule has 2 aromatic carbocycles. The van der Waals surface area contributed by atoms with Crippen molar-refractivity contribution in [2.75, 3.05) is 19.8 Å². The molecular formula is C24H27NO4. The molecule has 2 aromatic rings. The quantitative estimate of drug-likeness (QED) is 0.389. The molecule has 0 aliphatic rings. The van der Waals surface area contributed by atoms with Gasteiger partial charge in [-0.1, -0.05) is 35.6 Å². The van der Waals surface area contributed by atoms with Crippen molar-refractivity contribution in [3.63, 3.8) is 0 Å². The first-order valence-corrected chi connectivity index (χ1v) is 9.78. The van der Waals surface area contributed by atoms with Crippen LogP contribution in [0.15, 0.2) is 29.4 Å². The molecule has 0 aliphatic carbocycles. The molecule has 1 unspecified atom stereocenters. The van der Waals surface area contributed by atoms with Gasteiger partial charge >= 0.3 is 0 Å². The summed E-state index contributed by atoms with van der Waals surface area (Å²) in [6, 6.07) is 8.13. The summed E-state index contributed by atoms with van der Waals surface area (Å²) in [7, 11) is 0. The molecule has 0 bridgehead atoms. The first-order chi connectivity index (χ1) is 14.0. The number of ether oxygens (including phenoxy) is 3. The van der Waals surface area contributed by atoms with E-state index >= 15 is 0 Å². The van der Waals surface area contributed by atoms with Gasteiger partial charge < -0.3 is 14.2 Å². The zero-order valence-electron chi connectivity index (χ0n) is 17.7. The van der Waals surface area contributed by atoms with E-state index in [2.05, 4.69) is 34.9 Å². The molecule has 0 aliphatic heterocycles. The number of nitroso groups, excluding NO2 is 1. The fourth-order valence-electron chi connectivity index (χ4n) is 2.91. The molecule has 0 radical (unpaired) electrons. The molecule has 29 heavy (non-hydrogen) atoms. The van der Waals surface area contributed by atoms with Gasteiger partial charge in [0.2, 0.25) is 6.29 Å². The Morgan fingerprint density at radius 2 is 1.59 bits per heavy atom. The molecule has 2 rings (SSSR count). The molecule has 0 N–H and O–H groups in total. The Hall–Kier alpha value is -2.70. The van der Waals surface area contributed by atoms with Crippen molar-refractivity contribution in [1.29, 1.82) is 0 Å². The number of benzene rings is 2. The van der Waals surface area contributed by atoms with Gasteiger partial charge in [0.15, 0.2) is 0 Å². The maximum absolute atomic E-state index is 10.9. The molecule has 5 nitrogen and oxygen atoms in total. The minimum absolute atomic E-state index is 0.374. The van der Waals surface area contributed by atoms with Gasteiger partial charge in [0.25, 0.3) is 6.23 Å². The molecule has 1 atom stereocenters. The van der Waals surface area contributed by atoms with E-state index in [0.717, 1.165) is 33.0 Å². The molecule has 0 saturated carbocycles. The highest BCUT2D eigenvalue weighted by atomic mass is 16.7. The molecule has 0 heterocycles. The van der Waals surface area contributed by atoms with Crippen molar-refractivity contribution >= 4 is 10.8 Å². The van der Waals surface area contributed by atoms with E-state index in [-0.39, 0.29) is 0 Å². The Morgan fingerprint density at radius 1 is 0.897 bits per heavy atom. The third-order valence-electron chi connectivity index (χ3n) is 4.19. The van der Waals surface area contributed by atoms with Crippen molar-refractivity contribution in [3.8, 4) is 23.7 Å². The van der Waals surface area contributed by atoms with Crippen molar-refractivity contribution in [3.05, 3.63) is 51.4 Å². The van der Waals surface area contributed by atoms with E-state index < -0.39 is 12.5 Å². The van der Waals surface area contributed by atoms with Crippen LogP contribution < -0.4 is 0 Å². The number of rotatable bonds is 7. The fraction of sp³-hybridized carbons (Fsp3) is 0.417. The minimum atomic E-state index is -0.974. The summed E-state index contributed by atoms with van der Waals surface area (Å²) in [6.45, 7) is 11.1. The first kappa shape index (κ1) is 22.6. The third kappa shape index (κ3) is 6.14. The van der Waals surface area contributed by atoms with Crippen LogP contribution in [0.25, 0.3) is 10.8 Å². The lowest BCUT2D eigenvalue weighted by molar-refractivity contribution is -0.0969. The number of hydrogen-bond acceptors (Lipinski definition) is 5.